The summed E-state index contributed by atoms with van der Waals surface area (Å²) in [7, 11) is 0. The molecule has 0 spiro atoms. The van der Waals surface area contributed by atoms with Crippen molar-refractivity contribution in [2.75, 3.05) is 0 Å². The largest absolute Gasteiger partial charge is 0.393 e. The summed E-state index contributed by atoms with van der Waals surface area (Å²) in [6.07, 6.45) is 16.9. The lowest BCUT2D eigenvalue weighted by molar-refractivity contribution is 0.0862. The molecular weight excluding hydrogens is 372 g/mol. The van der Waals surface area contributed by atoms with Crippen molar-refractivity contribution in [1.29, 1.82) is 0 Å². The third-order valence-corrected chi connectivity index (χ3v) is 8.65. The Morgan fingerprint density at radius 2 is 1.87 bits per heavy atom. The van der Waals surface area contributed by atoms with E-state index in [9.17, 15) is 15.3 Å². The van der Waals surface area contributed by atoms with Crippen LogP contribution in [-0.2, 0) is 0 Å². The summed E-state index contributed by atoms with van der Waals surface area (Å²) < 4.78 is 0. The fourth-order valence-electron chi connectivity index (χ4n) is 6.63. The van der Waals surface area contributed by atoms with Gasteiger partial charge in [-0.1, -0.05) is 50.3 Å². The maximum atomic E-state index is 10.2. The van der Waals surface area contributed by atoms with E-state index in [2.05, 4.69) is 44.7 Å². The Bertz CT molecular complexity index is 743. The second kappa shape index (κ2) is 8.76. The molecule has 166 valence electrons. The molecule has 0 heterocycles. The van der Waals surface area contributed by atoms with E-state index in [-0.39, 0.29) is 6.10 Å². The molecule has 3 heteroatoms. The first kappa shape index (κ1) is 22.0. The minimum Gasteiger partial charge on any atom is -0.393 e. The lowest BCUT2D eigenvalue weighted by Crippen LogP contribution is -2.35. The van der Waals surface area contributed by atoms with Gasteiger partial charge in [0, 0.05) is 6.42 Å². The topological polar surface area (TPSA) is 60.7 Å². The standard InChI is InChI=1S/C27H40O3/c1-17(6-13-25(29)20-8-9-20)23-11-12-24-19(5-4-14-27(23,24)3)7-10-21-15-22(28)16-26(30)18(21)2/h6-7,10,13,17,20,22-26,28-30H,2,4-5,8-9,11-12,14-16H2,1,3H3/b13-6?,19-7-,21-10+/t17-,22-,23-,24-,25-,26+,27+/m1/s1. The molecule has 0 aliphatic heterocycles. The van der Waals surface area contributed by atoms with E-state index in [0.29, 0.717) is 41.9 Å². The summed E-state index contributed by atoms with van der Waals surface area (Å²) in [6.45, 7) is 8.88. The maximum Gasteiger partial charge on any atom is 0.0811 e. The van der Waals surface area contributed by atoms with Crippen LogP contribution in [0.15, 0.2) is 47.6 Å². The molecular formula is C27H40O3. The number of rotatable bonds is 5. The number of fused-ring (bicyclic) bond motifs is 1. The van der Waals surface area contributed by atoms with Crippen LogP contribution in [0.1, 0.15) is 71.6 Å². The number of allylic oxidation sites excluding steroid dienone is 4. The number of aliphatic hydroxyl groups is 3. The van der Waals surface area contributed by atoms with Crippen molar-refractivity contribution < 1.29 is 15.3 Å². The Hall–Kier alpha value is -1.16. The third-order valence-electron chi connectivity index (χ3n) is 8.65. The van der Waals surface area contributed by atoms with Gasteiger partial charge in [0.25, 0.3) is 0 Å². The van der Waals surface area contributed by atoms with Gasteiger partial charge in [0.15, 0.2) is 0 Å². The first-order valence-electron chi connectivity index (χ1n) is 12.1. The van der Waals surface area contributed by atoms with Gasteiger partial charge in [0.1, 0.15) is 0 Å². The van der Waals surface area contributed by atoms with Crippen LogP contribution in [0.5, 0.6) is 0 Å². The van der Waals surface area contributed by atoms with E-state index in [0.717, 1.165) is 17.6 Å². The van der Waals surface area contributed by atoms with Crippen LogP contribution >= 0.6 is 0 Å². The van der Waals surface area contributed by atoms with Crippen LogP contribution in [-0.4, -0.2) is 33.6 Å². The minimum atomic E-state index is -0.621. The van der Waals surface area contributed by atoms with E-state index < -0.39 is 12.2 Å². The van der Waals surface area contributed by atoms with Crippen molar-refractivity contribution in [3.05, 3.63) is 47.6 Å². The predicted molar refractivity (Wildman–Crippen MR) is 122 cm³/mol. The van der Waals surface area contributed by atoms with Crippen molar-refractivity contribution in [3.8, 4) is 0 Å². The van der Waals surface area contributed by atoms with E-state index in [1.54, 1.807) is 0 Å². The van der Waals surface area contributed by atoms with Gasteiger partial charge in [-0.3, -0.25) is 0 Å². The molecule has 3 N–H and O–H groups in total. The average molecular weight is 413 g/mol. The van der Waals surface area contributed by atoms with E-state index >= 15 is 0 Å². The van der Waals surface area contributed by atoms with Crippen LogP contribution in [0.2, 0.25) is 0 Å². The van der Waals surface area contributed by atoms with Crippen LogP contribution < -0.4 is 0 Å². The zero-order valence-electron chi connectivity index (χ0n) is 18.8. The average Bonchev–Trinajstić information content (AvgIpc) is 3.49. The van der Waals surface area contributed by atoms with Gasteiger partial charge in [0.05, 0.1) is 18.3 Å². The highest BCUT2D eigenvalue weighted by molar-refractivity contribution is 5.38. The van der Waals surface area contributed by atoms with E-state index in [1.807, 2.05) is 0 Å². The molecule has 0 radical (unpaired) electrons. The lowest BCUT2D eigenvalue weighted by Gasteiger charge is -2.44. The molecule has 0 aromatic carbocycles. The molecule has 0 aromatic heterocycles. The minimum absolute atomic E-state index is 0.250. The Morgan fingerprint density at radius 3 is 2.60 bits per heavy atom. The Labute approximate surface area is 182 Å². The summed E-state index contributed by atoms with van der Waals surface area (Å²) >= 11 is 0. The van der Waals surface area contributed by atoms with Crippen molar-refractivity contribution in [2.24, 2.45) is 29.1 Å². The van der Waals surface area contributed by atoms with E-state index in [4.69, 9.17) is 0 Å². The number of hydrogen-bond acceptors (Lipinski definition) is 3. The fraction of sp³-hybridized carbons (Fsp3) is 0.704. The quantitative estimate of drug-likeness (QED) is 0.551. The molecule has 4 rings (SSSR count). The summed E-state index contributed by atoms with van der Waals surface area (Å²) in [4.78, 5) is 0. The van der Waals surface area contributed by atoms with Gasteiger partial charge in [-0.2, -0.15) is 0 Å². The van der Waals surface area contributed by atoms with Gasteiger partial charge >= 0.3 is 0 Å². The van der Waals surface area contributed by atoms with Crippen LogP contribution in [0.4, 0.5) is 0 Å². The van der Waals surface area contributed by atoms with Gasteiger partial charge in [-0.05, 0) is 91.6 Å². The molecule has 3 nitrogen and oxygen atoms in total. The Balaban J connectivity index is 1.48. The summed E-state index contributed by atoms with van der Waals surface area (Å²) in [6, 6.07) is 0. The smallest absolute Gasteiger partial charge is 0.0811 e. The number of aliphatic hydroxyl groups excluding tert-OH is 3. The molecule has 4 saturated carbocycles. The SMILES string of the molecule is C=C1/C(=C/C=C2/CCC[C@]3(C)[C@@H]2CC[C@@H]3[C@H](C)C=C[C@@H](O)C2CC2)C[C@@H](O)C[C@@H]1O. The Morgan fingerprint density at radius 1 is 1.10 bits per heavy atom. The van der Waals surface area contributed by atoms with Crippen LogP contribution in [0.3, 0.4) is 0 Å². The molecule has 0 unspecified atom stereocenters. The predicted octanol–water partition coefficient (Wildman–Crippen LogP) is 5.09. The lowest BCUT2D eigenvalue weighted by atomic mass is 9.61. The first-order chi connectivity index (χ1) is 14.3. The summed E-state index contributed by atoms with van der Waals surface area (Å²) in [5.74, 6) is 2.28. The molecule has 4 aliphatic carbocycles. The van der Waals surface area contributed by atoms with Crippen LogP contribution in [0, 0.1) is 29.1 Å². The fourth-order valence-corrected chi connectivity index (χ4v) is 6.63. The second-order valence-electron chi connectivity index (χ2n) is 10.7. The molecule has 0 aromatic rings. The summed E-state index contributed by atoms with van der Waals surface area (Å²) in [5.41, 5.74) is 3.63. The van der Waals surface area contributed by atoms with Crippen molar-refractivity contribution in [1.82, 2.24) is 0 Å². The van der Waals surface area contributed by atoms with Gasteiger partial charge in [-0.25, -0.2) is 0 Å². The summed E-state index contributed by atoms with van der Waals surface area (Å²) in [5, 5.41) is 30.4. The van der Waals surface area contributed by atoms with Crippen LogP contribution in [0.25, 0.3) is 0 Å². The zero-order valence-corrected chi connectivity index (χ0v) is 18.8. The zero-order chi connectivity index (χ0) is 21.5. The molecule has 0 amide bonds. The molecule has 0 bridgehead atoms. The Kier molecular flexibility index (Phi) is 6.44. The van der Waals surface area contributed by atoms with E-state index in [1.165, 1.54) is 44.1 Å². The molecule has 7 atom stereocenters. The van der Waals surface area contributed by atoms with Gasteiger partial charge in [-0.15, -0.1) is 0 Å². The third kappa shape index (κ3) is 4.40. The molecule has 30 heavy (non-hydrogen) atoms. The van der Waals surface area contributed by atoms with Crippen molar-refractivity contribution in [2.45, 2.75) is 89.9 Å². The highest BCUT2D eigenvalue weighted by atomic mass is 16.3. The highest BCUT2D eigenvalue weighted by Crippen LogP contribution is 2.59. The monoisotopic (exact) mass is 412 g/mol. The van der Waals surface area contributed by atoms with Crippen molar-refractivity contribution >= 4 is 0 Å². The molecule has 4 fully saturated rings. The van der Waals surface area contributed by atoms with Gasteiger partial charge < -0.3 is 15.3 Å². The maximum absolute atomic E-state index is 10.2. The normalized spacial score (nSPS) is 42.1. The molecule has 4 aliphatic rings. The van der Waals surface area contributed by atoms with Gasteiger partial charge in [0.2, 0.25) is 0 Å². The van der Waals surface area contributed by atoms with Crippen molar-refractivity contribution in [3.63, 3.8) is 0 Å². The second-order valence-corrected chi connectivity index (χ2v) is 10.7. The molecule has 0 saturated heterocycles. The number of hydrogen-bond donors (Lipinski definition) is 3. The first-order valence-corrected chi connectivity index (χ1v) is 12.1. The highest BCUT2D eigenvalue weighted by Gasteiger charge is 2.50.